The van der Waals surface area contributed by atoms with Crippen LogP contribution in [-0.4, -0.2) is 28.2 Å². The second kappa shape index (κ2) is 9.10. The first kappa shape index (κ1) is 18.8. The maximum absolute atomic E-state index is 8.91. The average molecular weight is 370 g/mol. The summed E-state index contributed by atoms with van der Waals surface area (Å²) in [5.41, 5.74) is 3.86. The number of anilines is 1. The minimum atomic E-state index is 0.264. The van der Waals surface area contributed by atoms with Crippen molar-refractivity contribution in [3.63, 3.8) is 0 Å². The number of nitrogens with one attached hydrogen (secondary N) is 1. The van der Waals surface area contributed by atoms with Gasteiger partial charge in [0.2, 0.25) is 0 Å². The van der Waals surface area contributed by atoms with Crippen LogP contribution in [0, 0.1) is 0 Å². The monoisotopic (exact) mass is 369 g/mol. The van der Waals surface area contributed by atoms with Crippen LogP contribution >= 0.6 is 11.3 Å². The number of thiophene rings is 1. The maximum atomic E-state index is 8.91. The lowest BCUT2D eigenvalue weighted by Crippen LogP contribution is -2.04. The Hall–Kier alpha value is -1.98. The molecule has 3 rings (SSSR count). The predicted molar refractivity (Wildman–Crippen MR) is 111 cm³/mol. The van der Waals surface area contributed by atoms with Crippen LogP contribution in [0.1, 0.15) is 43.6 Å². The van der Waals surface area contributed by atoms with Gasteiger partial charge in [-0.2, -0.15) is 0 Å². The Morgan fingerprint density at radius 3 is 2.50 bits per heavy atom. The number of rotatable bonds is 9. The van der Waals surface area contributed by atoms with Gasteiger partial charge in [-0.1, -0.05) is 38.1 Å². The first-order chi connectivity index (χ1) is 12.8. The molecular weight excluding hydrogens is 342 g/mol. The number of aliphatic hydroxyl groups is 1. The van der Waals surface area contributed by atoms with E-state index in [0.29, 0.717) is 0 Å². The Morgan fingerprint density at radius 1 is 1.00 bits per heavy atom. The molecule has 0 fully saturated rings. The van der Waals surface area contributed by atoms with E-state index < -0.39 is 0 Å². The highest BCUT2D eigenvalue weighted by molar-refractivity contribution is 7.19. The third-order valence-electron chi connectivity index (χ3n) is 4.66. The van der Waals surface area contributed by atoms with Crippen molar-refractivity contribution in [3.8, 4) is 11.1 Å². The van der Waals surface area contributed by atoms with Gasteiger partial charge in [0, 0.05) is 23.6 Å². The molecule has 5 heteroatoms. The Morgan fingerprint density at radius 2 is 1.81 bits per heavy atom. The fourth-order valence-corrected chi connectivity index (χ4v) is 4.30. The Balaban J connectivity index is 1.97. The van der Waals surface area contributed by atoms with Crippen molar-refractivity contribution in [1.82, 2.24) is 9.97 Å². The highest BCUT2D eigenvalue weighted by Crippen LogP contribution is 2.41. The first-order valence-electron chi connectivity index (χ1n) is 9.48. The SMILES string of the molecule is CCc1ccc(-c2c(CC)sc3ncnc(NCCCCCO)c23)cc1. The van der Waals surface area contributed by atoms with Crippen molar-refractivity contribution in [1.29, 1.82) is 0 Å². The highest BCUT2D eigenvalue weighted by Gasteiger charge is 2.17. The lowest BCUT2D eigenvalue weighted by molar-refractivity contribution is 0.283. The third-order valence-corrected chi connectivity index (χ3v) is 5.90. The maximum Gasteiger partial charge on any atom is 0.138 e. The van der Waals surface area contributed by atoms with Gasteiger partial charge in [0.1, 0.15) is 17.0 Å². The minimum Gasteiger partial charge on any atom is -0.396 e. The largest absolute Gasteiger partial charge is 0.396 e. The Labute approximate surface area is 159 Å². The van der Waals surface area contributed by atoms with E-state index in [4.69, 9.17) is 5.11 Å². The summed E-state index contributed by atoms with van der Waals surface area (Å²) in [4.78, 5) is 11.4. The molecule has 0 aliphatic carbocycles. The van der Waals surface area contributed by atoms with Crippen LogP contribution in [0.15, 0.2) is 30.6 Å². The molecule has 0 unspecified atom stereocenters. The van der Waals surface area contributed by atoms with Crippen LogP contribution in [0.2, 0.25) is 0 Å². The quantitative estimate of drug-likeness (QED) is 0.518. The summed E-state index contributed by atoms with van der Waals surface area (Å²) in [6, 6.07) is 8.86. The number of hydrogen-bond acceptors (Lipinski definition) is 5. The van der Waals surface area contributed by atoms with Gasteiger partial charge in [0.15, 0.2) is 0 Å². The van der Waals surface area contributed by atoms with Gasteiger partial charge < -0.3 is 10.4 Å². The highest BCUT2D eigenvalue weighted by atomic mass is 32.1. The molecule has 0 bridgehead atoms. The van der Waals surface area contributed by atoms with E-state index in [9.17, 15) is 0 Å². The summed E-state index contributed by atoms with van der Waals surface area (Å²) < 4.78 is 0. The van der Waals surface area contributed by atoms with Gasteiger partial charge in [-0.25, -0.2) is 9.97 Å². The van der Waals surface area contributed by atoms with E-state index in [0.717, 1.165) is 54.7 Å². The number of aliphatic hydroxyl groups excluding tert-OH is 1. The van der Waals surface area contributed by atoms with Crippen LogP contribution < -0.4 is 5.32 Å². The lowest BCUT2D eigenvalue weighted by Gasteiger charge is -2.10. The van der Waals surface area contributed by atoms with Crippen molar-refractivity contribution in [2.24, 2.45) is 0 Å². The second-order valence-electron chi connectivity index (χ2n) is 6.42. The fraction of sp³-hybridized carbons (Fsp3) is 0.429. The average Bonchev–Trinajstić information content (AvgIpc) is 3.07. The number of fused-ring (bicyclic) bond motifs is 1. The topological polar surface area (TPSA) is 58.0 Å². The molecule has 26 heavy (non-hydrogen) atoms. The van der Waals surface area contributed by atoms with Crippen LogP contribution in [-0.2, 0) is 12.8 Å². The molecule has 3 aromatic rings. The molecule has 0 radical (unpaired) electrons. The van der Waals surface area contributed by atoms with Crippen LogP contribution in [0.3, 0.4) is 0 Å². The molecule has 0 aliphatic rings. The van der Waals surface area contributed by atoms with E-state index >= 15 is 0 Å². The number of nitrogens with zero attached hydrogens (tertiary/aromatic N) is 2. The minimum absolute atomic E-state index is 0.264. The van der Waals surface area contributed by atoms with Crippen molar-refractivity contribution in [3.05, 3.63) is 41.0 Å². The number of aromatic nitrogens is 2. The molecule has 2 heterocycles. The van der Waals surface area contributed by atoms with Crippen molar-refractivity contribution >= 4 is 27.4 Å². The summed E-state index contributed by atoms with van der Waals surface area (Å²) >= 11 is 1.77. The standard InChI is InChI=1S/C21H27N3OS/c1-3-15-8-10-16(11-9-15)18-17(4-2)26-21-19(18)20(23-14-24-21)22-12-6-5-7-13-25/h8-11,14,25H,3-7,12-13H2,1-2H3,(H,22,23,24). The predicted octanol–water partition coefficient (Wildman–Crippen LogP) is 5.06. The second-order valence-corrected chi connectivity index (χ2v) is 7.50. The van der Waals surface area contributed by atoms with E-state index in [-0.39, 0.29) is 6.61 Å². The smallest absolute Gasteiger partial charge is 0.138 e. The van der Waals surface area contributed by atoms with Crippen LogP contribution in [0.25, 0.3) is 21.3 Å². The van der Waals surface area contributed by atoms with Gasteiger partial charge in [-0.3, -0.25) is 0 Å². The summed E-state index contributed by atoms with van der Waals surface area (Å²) in [6.07, 6.45) is 6.59. The molecule has 0 atom stereocenters. The summed E-state index contributed by atoms with van der Waals surface area (Å²) in [6.45, 7) is 5.50. The molecule has 0 saturated carbocycles. The zero-order chi connectivity index (χ0) is 18.4. The van der Waals surface area contributed by atoms with Crippen LogP contribution in [0.4, 0.5) is 5.82 Å². The zero-order valence-corrected chi connectivity index (χ0v) is 16.4. The number of benzene rings is 1. The summed E-state index contributed by atoms with van der Waals surface area (Å²) in [7, 11) is 0. The van der Waals surface area contributed by atoms with Crippen molar-refractivity contribution < 1.29 is 5.11 Å². The number of aryl methyl sites for hydroxylation is 2. The van der Waals surface area contributed by atoms with E-state index in [1.165, 1.54) is 21.6 Å². The van der Waals surface area contributed by atoms with Crippen molar-refractivity contribution in [2.75, 3.05) is 18.5 Å². The van der Waals surface area contributed by atoms with Crippen molar-refractivity contribution in [2.45, 2.75) is 46.0 Å². The Bertz CT molecular complexity index is 842. The van der Waals surface area contributed by atoms with Gasteiger partial charge in [-0.15, -0.1) is 11.3 Å². The molecule has 4 nitrogen and oxygen atoms in total. The van der Waals surface area contributed by atoms with Gasteiger partial charge >= 0.3 is 0 Å². The normalized spacial score (nSPS) is 11.2. The summed E-state index contributed by atoms with van der Waals surface area (Å²) in [5, 5.41) is 13.5. The Kier molecular flexibility index (Phi) is 6.58. The van der Waals surface area contributed by atoms with E-state index in [2.05, 4.69) is 53.4 Å². The molecule has 0 saturated heterocycles. The first-order valence-corrected chi connectivity index (χ1v) is 10.3. The lowest BCUT2D eigenvalue weighted by atomic mass is 10.00. The summed E-state index contributed by atoms with van der Waals surface area (Å²) in [5.74, 6) is 0.921. The van der Waals surface area contributed by atoms with Gasteiger partial charge in [0.05, 0.1) is 5.39 Å². The fourth-order valence-electron chi connectivity index (χ4n) is 3.20. The zero-order valence-electron chi connectivity index (χ0n) is 15.6. The van der Waals surface area contributed by atoms with Gasteiger partial charge in [0.25, 0.3) is 0 Å². The van der Waals surface area contributed by atoms with E-state index in [1.54, 1.807) is 17.7 Å². The molecule has 2 N–H and O–H groups in total. The molecule has 138 valence electrons. The molecule has 0 aliphatic heterocycles. The number of unbranched alkanes of at least 4 members (excludes halogenated alkanes) is 2. The molecule has 2 aromatic heterocycles. The number of hydrogen-bond donors (Lipinski definition) is 2. The molecule has 1 aromatic carbocycles. The van der Waals surface area contributed by atoms with Gasteiger partial charge in [-0.05, 0) is 43.2 Å². The molecule has 0 spiro atoms. The van der Waals surface area contributed by atoms with Crippen LogP contribution in [0.5, 0.6) is 0 Å². The third kappa shape index (κ3) is 4.05. The van der Waals surface area contributed by atoms with E-state index in [1.807, 2.05) is 0 Å². The molecular formula is C21H27N3OS. The molecule has 0 amide bonds.